The number of fused-ring (bicyclic) bond motifs is 1. The average Bonchev–Trinajstić information content (AvgIpc) is 3.74. The van der Waals surface area contributed by atoms with E-state index in [1.165, 1.54) is 11.7 Å². The normalized spacial score (nSPS) is 16.3. The number of esters is 1. The molecule has 51 heavy (non-hydrogen) atoms. The van der Waals surface area contributed by atoms with Crippen molar-refractivity contribution in [3.8, 4) is 39.4 Å². The van der Waals surface area contributed by atoms with Crippen LogP contribution in [-0.2, 0) is 34.5 Å². The van der Waals surface area contributed by atoms with Crippen LogP contribution in [0.15, 0.2) is 65.6 Å². The van der Waals surface area contributed by atoms with Gasteiger partial charge in [0, 0.05) is 85.3 Å². The Hall–Kier alpha value is -4.75. The van der Waals surface area contributed by atoms with Crippen molar-refractivity contribution in [1.29, 1.82) is 0 Å². The Bertz CT molecular complexity index is 2210. The van der Waals surface area contributed by atoms with E-state index < -0.39 is 0 Å². The van der Waals surface area contributed by atoms with Gasteiger partial charge in [-0.3, -0.25) is 23.9 Å². The summed E-state index contributed by atoms with van der Waals surface area (Å²) in [4.78, 5) is 43.6. The molecule has 0 unspecified atom stereocenters. The van der Waals surface area contributed by atoms with E-state index in [1.807, 2.05) is 48.5 Å². The zero-order valence-electron chi connectivity index (χ0n) is 28.4. The number of nitrogens with one attached hydrogen (secondary N) is 2. The number of ether oxygens (including phenoxy) is 2. The predicted molar refractivity (Wildman–Crippen MR) is 195 cm³/mol. The number of aromatic nitrogens is 4. The number of carbonyl (C=O) groups excluding carboxylic acids is 2. The van der Waals surface area contributed by atoms with Gasteiger partial charge < -0.3 is 20.1 Å². The molecule has 3 aromatic heterocycles. The zero-order chi connectivity index (χ0) is 35.8. The standard InChI is InChI=1S/C37H37Cl2N7O5/c1-44-31(20-45-17-23(18-45)37(49)51-3)43-46-19-22(14-30(46)36(44)48)25-6-4-7-26(33(25)38)27-8-5-9-28(34(27)39)29-12-10-21(35(42-29)50-2)15-40-16-24-11-13-32(47)41-24/h4-10,12,14,19,23-24,40H,11,13,15-18,20H2,1-3H3,(H,41,47)/t24-/m1/s1. The molecule has 5 aromatic rings. The third-order valence-corrected chi connectivity index (χ3v) is 10.4. The van der Waals surface area contributed by atoms with Gasteiger partial charge in [0.2, 0.25) is 11.8 Å². The van der Waals surface area contributed by atoms with Gasteiger partial charge in [-0.25, -0.2) is 9.50 Å². The van der Waals surface area contributed by atoms with E-state index in [2.05, 4.69) is 15.5 Å². The maximum Gasteiger partial charge on any atom is 0.311 e. The van der Waals surface area contributed by atoms with Crippen LogP contribution < -0.4 is 20.9 Å². The first-order valence-electron chi connectivity index (χ1n) is 16.7. The molecule has 0 radical (unpaired) electrons. The molecule has 0 aliphatic carbocycles. The molecule has 5 heterocycles. The lowest BCUT2D eigenvalue weighted by molar-refractivity contribution is -0.151. The second-order valence-electron chi connectivity index (χ2n) is 12.9. The van der Waals surface area contributed by atoms with E-state index in [4.69, 9.17) is 42.8 Å². The van der Waals surface area contributed by atoms with E-state index in [0.717, 1.165) is 39.8 Å². The largest absolute Gasteiger partial charge is 0.481 e. The number of nitrogens with zero attached hydrogens (tertiary/aromatic N) is 5. The Morgan fingerprint density at radius 1 is 1.00 bits per heavy atom. The van der Waals surface area contributed by atoms with Gasteiger partial charge in [-0.2, -0.15) is 5.10 Å². The third kappa shape index (κ3) is 6.84. The molecule has 0 bridgehead atoms. The molecule has 1 amide bonds. The van der Waals surface area contributed by atoms with Crippen molar-refractivity contribution in [2.24, 2.45) is 13.0 Å². The van der Waals surface area contributed by atoms with Crippen molar-refractivity contribution in [2.75, 3.05) is 33.9 Å². The number of carbonyl (C=O) groups is 2. The number of methoxy groups -OCH3 is 2. The van der Waals surface area contributed by atoms with Crippen LogP contribution in [0.25, 0.3) is 39.0 Å². The number of hydrogen-bond donors (Lipinski definition) is 2. The Kier molecular flexibility index (Phi) is 9.84. The van der Waals surface area contributed by atoms with Gasteiger partial charge in [-0.15, -0.1) is 0 Å². The minimum atomic E-state index is -0.227. The van der Waals surface area contributed by atoms with Gasteiger partial charge in [0.15, 0.2) is 0 Å². The molecule has 12 nitrogen and oxygen atoms in total. The lowest BCUT2D eigenvalue weighted by Crippen LogP contribution is -2.50. The summed E-state index contributed by atoms with van der Waals surface area (Å²) in [6, 6.07) is 17.2. The SMILES string of the molecule is COC(=O)C1CN(Cc2nn3cc(-c4cccc(-c5cccc(-c6ccc(CNC[C@H]7CCC(=O)N7)c(OC)n6)c5Cl)c4Cl)cc3c(=O)n2C)C1. The lowest BCUT2D eigenvalue weighted by atomic mass is 9.97. The molecular formula is C37H37Cl2N7O5. The topological polar surface area (TPSA) is 132 Å². The summed E-state index contributed by atoms with van der Waals surface area (Å²) in [5.41, 5.74) is 5.39. The van der Waals surface area contributed by atoms with Crippen molar-refractivity contribution in [1.82, 2.24) is 34.7 Å². The lowest BCUT2D eigenvalue weighted by Gasteiger charge is -2.37. The van der Waals surface area contributed by atoms with E-state index in [0.29, 0.717) is 72.1 Å². The van der Waals surface area contributed by atoms with Gasteiger partial charge in [0.25, 0.3) is 5.56 Å². The van der Waals surface area contributed by atoms with Gasteiger partial charge in [-0.05, 0) is 18.6 Å². The monoisotopic (exact) mass is 729 g/mol. The Balaban J connectivity index is 1.14. The molecule has 2 aromatic carbocycles. The second kappa shape index (κ2) is 14.5. The minimum absolute atomic E-state index is 0.0890. The van der Waals surface area contributed by atoms with Gasteiger partial charge in [0.1, 0.15) is 11.3 Å². The van der Waals surface area contributed by atoms with Crippen molar-refractivity contribution < 1.29 is 19.1 Å². The number of halogens is 2. The van der Waals surface area contributed by atoms with E-state index in [-0.39, 0.29) is 29.4 Å². The summed E-state index contributed by atoms with van der Waals surface area (Å²) in [6.45, 7) is 2.73. The molecule has 2 saturated heterocycles. The fourth-order valence-corrected chi connectivity index (χ4v) is 7.38. The molecule has 0 spiro atoms. The summed E-state index contributed by atoms with van der Waals surface area (Å²) in [7, 11) is 4.67. The molecule has 2 N–H and O–H groups in total. The van der Waals surface area contributed by atoms with Gasteiger partial charge >= 0.3 is 5.97 Å². The predicted octanol–water partition coefficient (Wildman–Crippen LogP) is 4.72. The van der Waals surface area contributed by atoms with E-state index in [1.54, 1.807) is 30.9 Å². The average molecular weight is 731 g/mol. The Morgan fingerprint density at radius 2 is 1.71 bits per heavy atom. The molecule has 2 fully saturated rings. The number of benzene rings is 2. The maximum absolute atomic E-state index is 13.4. The smallest absolute Gasteiger partial charge is 0.311 e. The van der Waals surface area contributed by atoms with Crippen molar-refractivity contribution >= 4 is 40.6 Å². The highest BCUT2D eigenvalue weighted by molar-refractivity contribution is 6.39. The first kappa shape index (κ1) is 34.7. The molecule has 264 valence electrons. The molecule has 2 aliphatic heterocycles. The van der Waals surface area contributed by atoms with Crippen LogP contribution in [0.5, 0.6) is 5.88 Å². The Morgan fingerprint density at radius 3 is 2.39 bits per heavy atom. The van der Waals surface area contributed by atoms with E-state index >= 15 is 0 Å². The molecule has 1 atom stereocenters. The summed E-state index contributed by atoms with van der Waals surface area (Å²) in [5.74, 6) is 0.760. The first-order chi connectivity index (χ1) is 24.6. The third-order valence-electron chi connectivity index (χ3n) is 9.59. The highest BCUT2D eigenvalue weighted by Crippen LogP contribution is 2.42. The quantitative estimate of drug-likeness (QED) is 0.186. The number of rotatable bonds is 11. The van der Waals surface area contributed by atoms with Crippen LogP contribution in [0.2, 0.25) is 10.0 Å². The van der Waals surface area contributed by atoms with Gasteiger partial charge in [-0.1, -0.05) is 65.7 Å². The molecule has 7 rings (SSSR count). The molecule has 0 saturated carbocycles. The highest BCUT2D eigenvalue weighted by Gasteiger charge is 2.34. The molecule has 14 heteroatoms. The zero-order valence-corrected chi connectivity index (χ0v) is 29.9. The Labute approximate surface area is 304 Å². The minimum Gasteiger partial charge on any atom is -0.481 e. The van der Waals surface area contributed by atoms with Crippen LogP contribution in [0.1, 0.15) is 24.2 Å². The van der Waals surface area contributed by atoms with Crippen molar-refractivity contribution in [3.63, 3.8) is 0 Å². The summed E-state index contributed by atoms with van der Waals surface area (Å²) >= 11 is 14.2. The van der Waals surface area contributed by atoms with Crippen LogP contribution in [0.3, 0.4) is 0 Å². The van der Waals surface area contributed by atoms with Crippen LogP contribution >= 0.6 is 23.2 Å². The summed E-state index contributed by atoms with van der Waals surface area (Å²) in [6.07, 6.45) is 3.18. The fourth-order valence-electron chi connectivity index (χ4n) is 6.72. The first-order valence-corrected chi connectivity index (χ1v) is 17.4. The van der Waals surface area contributed by atoms with Crippen molar-refractivity contribution in [2.45, 2.75) is 32.0 Å². The van der Waals surface area contributed by atoms with Crippen LogP contribution in [0.4, 0.5) is 0 Å². The summed E-state index contributed by atoms with van der Waals surface area (Å²) < 4.78 is 13.6. The fraction of sp³-hybridized carbons (Fsp3) is 0.324. The van der Waals surface area contributed by atoms with Crippen LogP contribution in [0, 0.1) is 5.92 Å². The second-order valence-corrected chi connectivity index (χ2v) is 13.6. The van der Waals surface area contributed by atoms with Crippen molar-refractivity contribution in [3.05, 3.63) is 92.6 Å². The molecular weight excluding hydrogens is 693 g/mol. The van der Waals surface area contributed by atoms with Gasteiger partial charge in [0.05, 0.1) is 42.4 Å². The van der Waals surface area contributed by atoms with E-state index in [9.17, 15) is 14.4 Å². The number of hydrogen-bond acceptors (Lipinski definition) is 9. The number of likely N-dealkylation sites (tertiary alicyclic amines) is 1. The number of amides is 1. The van der Waals surface area contributed by atoms with Crippen LogP contribution in [-0.4, -0.2) is 75.8 Å². The maximum atomic E-state index is 13.4. The highest BCUT2D eigenvalue weighted by atomic mass is 35.5. The molecule has 2 aliphatic rings. The summed E-state index contributed by atoms with van der Waals surface area (Å²) in [5, 5.41) is 12.1. The number of pyridine rings is 1.